The number of esters is 1. The number of hydrogen-bond acceptors (Lipinski definition) is 5. The fraction of sp³-hybridized carbons (Fsp3) is 0.133. The van der Waals surface area contributed by atoms with Gasteiger partial charge in [-0.15, -0.1) is 0 Å². The summed E-state index contributed by atoms with van der Waals surface area (Å²) in [7, 11) is 1.32. The normalized spacial score (nSPS) is 9.85. The van der Waals surface area contributed by atoms with Crippen molar-refractivity contribution in [3.8, 4) is 5.75 Å². The Morgan fingerprint density at radius 1 is 1.20 bits per heavy atom. The molecule has 5 heteroatoms. The van der Waals surface area contributed by atoms with E-state index in [9.17, 15) is 4.79 Å². The van der Waals surface area contributed by atoms with Crippen LogP contribution in [0.25, 0.3) is 0 Å². The van der Waals surface area contributed by atoms with Crippen molar-refractivity contribution >= 4 is 11.7 Å². The van der Waals surface area contributed by atoms with Crippen molar-refractivity contribution in [1.82, 2.24) is 0 Å². The van der Waals surface area contributed by atoms with Crippen molar-refractivity contribution < 1.29 is 14.3 Å². The van der Waals surface area contributed by atoms with Crippen LogP contribution in [0.5, 0.6) is 5.75 Å². The highest BCUT2D eigenvalue weighted by molar-refractivity contribution is 5.90. The van der Waals surface area contributed by atoms with Gasteiger partial charge in [0.25, 0.3) is 0 Å². The molecule has 0 atom stereocenters. The van der Waals surface area contributed by atoms with Gasteiger partial charge in [-0.1, -0.05) is 30.3 Å². The number of nitrogens with zero attached hydrogens (tertiary/aromatic N) is 1. The molecule has 0 saturated heterocycles. The average molecular weight is 270 g/mol. The van der Waals surface area contributed by atoms with E-state index in [4.69, 9.17) is 10.3 Å². The molecule has 102 valence electrons. The third kappa shape index (κ3) is 3.20. The van der Waals surface area contributed by atoms with Gasteiger partial charge in [0.1, 0.15) is 18.0 Å². The minimum Gasteiger partial charge on any atom is -0.487 e. The van der Waals surface area contributed by atoms with Crippen LogP contribution < -0.4 is 4.74 Å². The second-order valence-corrected chi connectivity index (χ2v) is 4.06. The van der Waals surface area contributed by atoms with Gasteiger partial charge in [-0.2, -0.15) is 5.11 Å². The molecule has 0 bridgehead atoms. The highest BCUT2D eigenvalue weighted by Crippen LogP contribution is 2.29. The van der Waals surface area contributed by atoms with Gasteiger partial charge in [0.2, 0.25) is 0 Å². The van der Waals surface area contributed by atoms with Gasteiger partial charge in [0, 0.05) is 0 Å². The fourth-order valence-corrected chi connectivity index (χ4v) is 1.70. The molecule has 0 fully saturated rings. The lowest BCUT2D eigenvalue weighted by Crippen LogP contribution is -2.02. The van der Waals surface area contributed by atoms with Crippen LogP contribution in [0.1, 0.15) is 15.9 Å². The number of hydrogen-bond donors (Lipinski definition) is 1. The van der Waals surface area contributed by atoms with Crippen LogP contribution in [0, 0.1) is 5.53 Å². The summed E-state index contributed by atoms with van der Waals surface area (Å²) in [6, 6.07) is 14.3. The summed E-state index contributed by atoms with van der Waals surface area (Å²) < 4.78 is 10.3. The Morgan fingerprint density at radius 3 is 2.60 bits per heavy atom. The van der Waals surface area contributed by atoms with E-state index in [0.29, 0.717) is 23.6 Å². The van der Waals surface area contributed by atoms with E-state index >= 15 is 0 Å². The highest BCUT2D eigenvalue weighted by Gasteiger charge is 2.10. The molecule has 2 aromatic rings. The van der Waals surface area contributed by atoms with Crippen LogP contribution >= 0.6 is 0 Å². The minimum atomic E-state index is -0.453. The zero-order valence-electron chi connectivity index (χ0n) is 11.0. The summed E-state index contributed by atoms with van der Waals surface area (Å²) in [5.74, 6) is -0.0714. The van der Waals surface area contributed by atoms with Crippen LogP contribution in [-0.4, -0.2) is 13.1 Å². The van der Waals surface area contributed by atoms with Crippen molar-refractivity contribution in [2.45, 2.75) is 6.61 Å². The smallest absolute Gasteiger partial charge is 0.337 e. The predicted octanol–water partition coefficient (Wildman–Crippen LogP) is 3.71. The average Bonchev–Trinajstić information content (AvgIpc) is 2.52. The van der Waals surface area contributed by atoms with E-state index in [0.717, 1.165) is 5.56 Å². The van der Waals surface area contributed by atoms with E-state index in [1.165, 1.54) is 13.2 Å². The van der Waals surface area contributed by atoms with E-state index in [1.807, 2.05) is 30.3 Å². The third-order valence-electron chi connectivity index (χ3n) is 2.74. The van der Waals surface area contributed by atoms with Gasteiger partial charge < -0.3 is 9.47 Å². The zero-order chi connectivity index (χ0) is 14.4. The number of ether oxygens (including phenoxy) is 2. The second-order valence-electron chi connectivity index (χ2n) is 4.06. The molecule has 0 heterocycles. The number of carbonyl (C=O) groups excluding carboxylic acids is 1. The van der Waals surface area contributed by atoms with E-state index in [2.05, 4.69) is 9.85 Å². The van der Waals surface area contributed by atoms with Crippen LogP contribution in [0.15, 0.2) is 53.6 Å². The van der Waals surface area contributed by atoms with Crippen LogP contribution in [0.4, 0.5) is 5.69 Å². The van der Waals surface area contributed by atoms with Gasteiger partial charge >= 0.3 is 5.97 Å². The quantitative estimate of drug-likeness (QED) is 0.664. The van der Waals surface area contributed by atoms with Crippen molar-refractivity contribution in [2.75, 3.05) is 7.11 Å². The zero-order valence-corrected chi connectivity index (χ0v) is 11.0. The summed E-state index contributed by atoms with van der Waals surface area (Å²) in [4.78, 5) is 11.5. The lowest BCUT2D eigenvalue weighted by molar-refractivity contribution is 0.0600. The maximum absolute atomic E-state index is 11.5. The number of carbonyl (C=O) groups is 1. The molecule has 0 spiro atoms. The molecule has 0 amide bonds. The molecule has 0 aliphatic carbocycles. The summed E-state index contributed by atoms with van der Waals surface area (Å²) >= 11 is 0. The molecular formula is C15H14N2O3. The Bertz CT molecular complexity index is 612. The second kappa shape index (κ2) is 6.47. The molecule has 20 heavy (non-hydrogen) atoms. The van der Waals surface area contributed by atoms with Crippen LogP contribution in [0.3, 0.4) is 0 Å². The molecule has 2 aromatic carbocycles. The number of benzene rings is 2. The van der Waals surface area contributed by atoms with Gasteiger partial charge in [-0.25, -0.2) is 10.3 Å². The maximum atomic E-state index is 11.5. The summed E-state index contributed by atoms with van der Waals surface area (Å²) in [5, 5.41) is 3.38. The predicted molar refractivity (Wildman–Crippen MR) is 73.4 cm³/mol. The molecule has 0 radical (unpaired) electrons. The number of methoxy groups -OCH3 is 1. The Labute approximate surface area is 116 Å². The van der Waals surface area contributed by atoms with E-state index in [1.54, 1.807) is 12.1 Å². The van der Waals surface area contributed by atoms with Gasteiger partial charge in [-0.05, 0) is 23.8 Å². The monoisotopic (exact) mass is 270 g/mol. The summed E-state index contributed by atoms with van der Waals surface area (Å²) in [6.45, 7) is 0.341. The van der Waals surface area contributed by atoms with Crippen molar-refractivity contribution in [3.05, 3.63) is 59.7 Å². The molecule has 5 nitrogen and oxygen atoms in total. The maximum Gasteiger partial charge on any atom is 0.337 e. The first-order valence-corrected chi connectivity index (χ1v) is 6.01. The molecule has 0 aliphatic heterocycles. The van der Waals surface area contributed by atoms with Crippen molar-refractivity contribution in [2.24, 2.45) is 5.11 Å². The third-order valence-corrected chi connectivity index (χ3v) is 2.74. The molecule has 0 aromatic heterocycles. The Morgan fingerprint density at radius 2 is 1.95 bits per heavy atom. The number of nitrogens with one attached hydrogen (secondary N) is 1. The van der Waals surface area contributed by atoms with E-state index < -0.39 is 5.97 Å². The topological polar surface area (TPSA) is 71.7 Å². The van der Waals surface area contributed by atoms with Crippen molar-refractivity contribution in [1.29, 1.82) is 5.53 Å². The Balaban J connectivity index is 2.20. The molecule has 2 rings (SSSR count). The largest absolute Gasteiger partial charge is 0.487 e. The van der Waals surface area contributed by atoms with Crippen molar-refractivity contribution in [3.63, 3.8) is 0 Å². The highest BCUT2D eigenvalue weighted by atomic mass is 16.5. The molecule has 1 N–H and O–H groups in total. The molecule has 0 unspecified atom stereocenters. The Kier molecular flexibility index (Phi) is 4.44. The summed E-state index contributed by atoms with van der Waals surface area (Å²) in [6.07, 6.45) is 0. The van der Waals surface area contributed by atoms with Gasteiger partial charge in [0.15, 0.2) is 0 Å². The summed E-state index contributed by atoms with van der Waals surface area (Å²) in [5.41, 5.74) is 8.84. The lowest BCUT2D eigenvalue weighted by Gasteiger charge is -2.09. The standard InChI is InChI=1S/C15H14N2O3/c1-19-15(18)12-7-8-13(17-16)14(9-12)20-10-11-5-3-2-4-6-11/h2-9,16H,10H2,1H3. The molecular weight excluding hydrogens is 256 g/mol. The molecule has 0 aliphatic rings. The van der Waals surface area contributed by atoms with Crippen LogP contribution in [-0.2, 0) is 11.3 Å². The van der Waals surface area contributed by atoms with Crippen LogP contribution in [0.2, 0.25) is 0 Å². The van der Waals surface area contributed by atoms with Gasteiger partial charge in [-0.3, -0.25) is 0 Å². The van der Waals surface area contributed by atoms with E-state index in [-0.39, 0.29) is 0 Å². The first kappa shape index (κ1) is 13.7. The lowest BCUT2D eigenvalue weighted by atomic mass is 10.2. The Hall–Kier alpha value is -2.69. The van der Waals surface area contributed by atoms with Gasteiger partial charge in [0.05, 0.1) is 12.7 Å². The first-order chi connectivity index (χ1) is 9.74. The SMILES string of the molecule is COC(=O)c1ccc(N=N)c(OCc2ccccc2)c1. The first-order valence-electron chi connectivity index (χ1n) is 6.01. The minimum absolute atomic E-state index is 0.341. The molecule has 0 saturated carbocycles. The number of rotatable bonds is 5. The fourth-order valence-electron chi connectivity index (χ4n) is 1.70.